The predicted molar refractivity (Wildman–Crippen MR) is 163 cm³/mol. The van der Waals surface area contributed by atoms with Gasteiger partial charge in [0.05, 0.1) is 23.8 Å². The summed E-state index contributed by atoms with van der Waals surface area (Å²) in [6.45, 7) is 8.70. The van der Waals surface area contributed by atoms with Crippen LogP contribution < -0.4 is 4.90 Å². The molecule has 4 aromatic rings. The maximum absolute atomic E-state index is 14.7. The Balaban J connectivity index is 1.44. The van der Waals surface area contributed by atoms with Crippen LogP contribution in [0.15, 0.2) is 73.2 Å². The van der Waals surface area contributed by atoms with Gasteiger partial charge in [0.1, 0.15) is 5.82 Å². The third-order valence-corrected chi connectivity index (χ3v) is 7.67. The predicted octanol–water partition coefficient (Wildman–Crippen LogP) is 5.39. The highest BCUT2D eigenvalue weighted by atomic mass is 19.1. The van der Waals surface area contributed by atoms with Crippen LogP contribution in [0.3, 0.4) is 0 Å². The Labute approximate surface area is 246 Å². The zero-order chi connectivity index (χ0) is 29.5. The van der Waals surface area contributed by atoms with Gasteiger partial charge in [-0.25, -0.2) is 4.39 Å². The monoisotopic (exact) mass is 570 g/mol. The lowest BCUT2D eigenvalue weighted by Crippen LogP contribution is -2.40. The molecule has 5 rings (SSSR count). The first-order chi connectivity index (χ1) is 20.4. The van der Waals surface area contributed by atoms with Crippen LogP contribution >= 0.6 is 0 Å². The highest BCUT2D eigenvalue weighted by Crippen LogP contribution is 2.27. The SMILES string of the molecule is CC(C)CN1CCCN(C(=O)CCn2ncc3ccccc32)Cc2cc(F)ccc2N(C(=O)c2cccnc2)CCC1. The molecule has 0 atom stereocenters. The van der Waals surface area contributed by atoms with E-state index in [2.05, 4.69) is 28.8 Å². The van der Waals surface area contributed by atoms with Crippen molar-refractivity contribution < 1.29 is 14.0 Å². The summed E-state index contributed by atoms with van der Waals surface area (Å²) in [4.78, 5) is 37.6. The Bertz CT molecular complexity index is 1500. The van der Waals surface area contributed by atoms with E-state index in [-0.39, 0.29) is 24.8 Å². The summed E-state index contributed by atoms with van der Waals surface area (Å²) in [5.74, 6) is -0.112. The van der Waals surface area contributed by atoms with Gasteiger partial charge in [-0.3, -0.25) is 19.3 Å². The fraction of sp³-hybridized carbons (Fsp3) is 0.394. The Hall–Kier alpha value is -4.11. The van der Waals surface area contributed by atoms with Crippen molar-refractivity contribution in [2.75, 3.05) is 37.6 Å². The van der Waals surface area contributed by atoms with Gasteiger partial charge in [-0.05, 0) is 73.8 Å². The molecule has 8 nitrogen and oxygen atoms in total. The minimum Gasteiger partial charge on any atom is -0.338 e. The third kappa shape index (κ3) is 7.20. The summed E-state index contributed by atoms with van der Waals surface area (Å²) < 4.78 is 16.5. The molecule has 9 heteroatoms. The second kappa shape index (κ2) is 13.7. The quantitative estimate of drug-likeness (QED) is 0.311. The van der Waals surface area contributed by atoms with Crippen LogP contribution in [0.4, 0.5) is 10.1 Å². The van der Waals surface area contributed by atoms with Gasteiger partial charge in [-0.1, -0.05) is 32.0 Å². The minimum absolute atomic E-state index is 0.0256. The number of amides is 2. The lowest BCUT2D eigenvalue weighted by atomic mass is 10.1. The molecule has 0 saturated heterocycles. The standard InChI is InChI=1S/C33H39FN6O2/c1-25(2)23-37-15-6-17-38(32(41)13-19-40-31-10-4-3-8-26(31)22-36-40)24-28-20-29(34)11-12-30(28)39(18-7-16-37)33(42)27-9-5-14-35-21-27/h3-5,8-12,14,20-22,25H,6-7,13,15-19,23-24H2,1-2H3. The van der Waals surface area contributed by atoms with E-state index in [1.165, 1.54) is 12.1 Å². The highest BCUT2D eigenvalue weighted by Gasteiger charge is 2.25. The van der Waals surface area contributed by atoms with E-state index in [1.807, 2.05) is 40.0 Å². The molecule has 2 aromatic heterocycles. The molecular weight excluding hydrogens is 531 g/mol. The van der Waals surface area contributed by atoms with Gasteiger partial charge in [-0.2, -0.15) is 5.10 Å². The first-order valence-electron chi connectivity index (χ1n) is 14.8. The van der Waals surface area contributed by atoms with E-state index in [0.717, 1.165) is 43.4 Å². The number of anilines is 1. The number of aryl methyl sites for hydroxylation is 1. The second-order valence-corrected chi connectivity index (χ2v) is 11.4. The van der Waals surface area contributed by atoms with Crippen LogP contribution in [0.25, 0.3) is 10.9 Å². The number of hydrogen-bond donors (Lipinski definition) is 0. The van der Waals surface area contributed by atoms with Crippen molar-refractivity contribution >= 4 is 28.4 Å². The lowest BCUT2D eigenvalue weighted by molar-refractivity contribution is -0.132. The van der Waals surface area contributed by atoms with Crippen molar-refractivity contribution in [1.29, 1.82) is 0 Å². The molecular formula is C33H39FN6O2. The van der Waals surface area contributed by atoms with E-state index < -0.39 is 5.82 Å². The maximum Gasteiger partial charge on any atom is 0.259 e. The number of halogens is 1. The zero-order valence-electron chi connectivity index (χ0n) is 24.5. The fourth-order valence-electron chi connectivity index (χ4n) is 5.73. The van der Waals surface area contributed by atoms with Crippen molar-refractivity contribution in [3.8, 4) is 0 Å². The van der Waals surface area contributed by atoms with Gasteiger partial charge in [0, 0.05) is 56.1 Å². The van der Waals surface area contributed by atoms with Crippen molar-refractivity contribution in [2.45, 2.75) is 46.2 Å². The van der Waals surface area contributed by atoms with Gasteiger partial charge in [0.15, 0.2) is 0 Å². The molecule has 1 aliphatic heterocycles. The Morgan fingerprint density at radius 2 is 1.76 bits per heavy atom. The first-order valence-corrected chi connectivity index (χ1v) is 14.8. The van der Waals surface area contributed by atoms with Gasteiger partial charge >= 0.3 is 0 Å². The number of rotatable bonds is 6. The van der Waals surface area contributed by atoms with Gasteiger partial charge in [-0.15, -0.1) is 0 Å². The topological polar surface area (TPSA) is 74.6 Å². The molecule has 0 aliphatic carbocycles. The van der Waals surface area contributed by atoms with Crippen molar-refractivity contribution in [2.24, 2.45) is 5.92 Å². The number of carbonyl (C=O) groups excluding carboxylic acids is 2. The largest absolute Gasteiger partial charge is 0.338 e. The molecule has 2 amide bonds. The molecule has 0 saturated carbocycles. The average Bonchev–Trinajstić information content (AvgIpc) is 3.40. The number of aromatic nitrogens is 3. The van der Waals surface area contributed by atoms with Gasteiger partial charge < -0.3 is 14.7 Å². The number of nitrogens with zero attached hydrogens (tertiary/aromatic N) is 6. The van der Waals surface area contributed by atoms with E-state index in [4.69, 9.17) is 0 Å². The zero-order valence-corrected chi connectivity index (χ0v) is 24.5. The first kappa shape index (κ1) is 29.4. The smallest absolute Gasteiger partial charge is 0.259 e. The third-order valence-electron chi connectivity index (χ3n) is 7.67. The van der Waals surface area contributed by atoms with Crippen LogP contribution in [0.2, 0.25) is 0 Å². The molecule has 220 valence electrons. The number of fused-ring (bicyclic) bond motifs is 2. The van der Waals surface area contributed by atoms with Crippen molar-refractivity contribution in [1.82, 2.24) is 24.6 Å². The summed E-state index contributed by atoms with van der Waals surface area (Å²) in [6, 6.07) is 15.9. The normalized spacial score (nSPS) is 15.3. The summed E-state index contributed by atoms with van der Waals surface area (Å²) >= 11 is 0. The molecule has 0 fully saturated rings. The molecule has 0 N–H and O–H groups in total. The van der Waals surface area contributed by atoms with Gasteiger partial charge in [0.2, 0.25) is 5.91 Å². The van der Waals surface area contributed by atoms with Crippen LogP contribution in [0.5, 0.6) is 0 Å². The lowest BCUT2D eigenvalue weighted by Gasteiger charge is -2.32. The van der Waals surface area contributed by atoms with Crippen LogP contribution in [0.1, 0.15) is 49.0 Å². The minimum atomic E-state index is -0.395. The fourth-order valence-corrected chi connectivity index (χ4v) is 5.73. The highest BCUT2D eigenvalue weighted by molar-refractivity contribution is 6.06. The van der Waals surface area contributed by atoms with E-state index in [9.17, 15) is 14.0 Å². The number of pyridine rings is 1. The summed E-state index contributed by atoms with van der Waals surface area (Å²) in [6.07, 6.45) is 6.86. The Morgan fingerprint density at radius 3 is 2.55 bits per heavy atom. The van der Waals surface area contributed by atoms with Crippen LogP contribution in [0, 0.1) is 11.7 Å². The van der Waals surface area contributed by atoms with Crippen molar-refractivity contribution in [3.63, 3.8) is 0 Å². The number of carbonyl (C=O) groups is 2. The van der Waals surface area contributed by atoms with E-state index in [1.54, 1.807) is 35.5 Å². The molecule has 3 heterocycles. The van der Waals surface area contributed by atoms with Crippen molar-refractivity contribution in [3.05, 3.63) is 90.1 Å². The molecule has 42 heavy (non-hydrogen) atoms. The van der Waals surface area contributed by atoms with Crippen LogP contribution in [-0.2, 0) is 17.9 Å². The van der Waals surface area contributed by atoms with E-state index in [0.29, 0.717) is 42.4 Å². The number of para-hydroxylation sites is 1. The van der Waals surface area contributed by atoms with Crippen LogP contribution in [-0.4, -0.2) is 69.1 Å². The molecule has 1 aliphatic rings. The summed E-state index contributed by atoms with van der Waals surface area (Å²) in [7, 11) is 0. The molecule has 0 spiro atoms. The van der Waals surface area contributed by atoms with Gasteiger partial charge in [0.25, 0.3) is 5.91 Å². The maximum atomic E-state index is 14.7. The summed E-state index contributed by atoms with van der Waals surface area (Å²) in [5, 5.41) is 5.51. The Kier molecular flexibility index (Phi) is 9.59. The number of hydrogen-bond acceptors (Lipinski definition) is 5. The molecule has 2 aromatic carbocycles. The molecule has 0 unspecified atom stereocenters. The molecule has 0 radical (unpaired) electrons. The van der Waals surface area contributed by atoms with E-state index >= 15 is 0 Å². The molecule has 0 bridgehead atoms. The second-order valence-electron chi connectivity index (χ2n) is 11.4. The average molecular weight is 571 g/mol. The number of benzene rings is 2. The summed E-state index contributed by atoms with van der Waals surface area (Å²) in [5.41, 5.74) is 2.69. The Morgan fingerprint density at radius 1 is 0.952 bits per heavy atom.